The van der Waals surface area contributed by atoms with Crippen LogP contribution in [0.5, 0.6) is 0 Å². The molecule has 1 aromatic carbocycles. The highest BCUT2D eigenvalue weighted by molar-refractivity contribution is 5.80. The van der Waals surface area contributed by atoms with Gasteiger partial charge in [0, 0.05) is 6.42 Å². The molecule has 4 nitrogen and oxygen atoms in total. The van der Waals surface area contributed by atoms with Crippen LogP contribution in [0.2, 0.25) is 0 Å². The Morgan fingerprint density at radius 1 is 1.47 bits per heavy atom. The summed E-state index contributed by atoms with van der Waals surface area (Å²) in [5.41, 5.74) is -0.607. The number of aliphatic carboxylic acids is 1. The second-order valence-corrected chi connectivity index (χ2v) is 3.44. The van der Waals surface area contributed by atoms with E-state index in [1.165, 1.54) is 13.0 Å². The maximum absolute atomic E-state index is 10.9. The molecule has 1 aromatic rings. The molecule has 1 N–H and O–H groups in total. The highest BCUT2D eigenvalue weighted by atomic mass is 16.4. The monoisotopic (exact) mass is 205 g/mol. The Morgan fingerprint density at radius 3 is 2.53 bits per heavy atom. The van der Waals surface area contributed by atoms with Crippen LogP contribution in [0.4, 0.5) is 0 Å². The van der Waals surface area contributed by atoms with Crippen LogP contribution in [0.3, 0.4) is 0 Å². The number of hydrogen-bond donors (Lipinski definition) is 1. The molecule has 0 aliphatic heterocycles. The maximum atomic E-state index is 10.9. The van der Waals surface area contributed by atoms with E-state index < -0.39 is 11.5 Å². The number of rotatable bonds is 4. The first kappa shape index (κ1) is 11.1. The van der Waals surface area contributed by atoms with Gasteiger partial charge in [-0.2, -0.15) is 4.99 Å². The third-order valence-corrected chi connectivity index (χ3v) is 2.14. The lowest BCUT2D eigenvalue weighted by atomic mass is 9.94. The number of isocyanates is 1. The van der Waals surface area contributed by atoms with Crippen LogP contribution < -0.4 is 0 Å². The van der Waals surface area contributed by atoms with Crippen molar-refractivity contribution < 1.29 is 14.7 Å². The molecule has 0 aromatic heterocycles. The fourth-order valence-corrected chi connectivity index (χ4v) is 1.26. The molecule has 78 valence electrons. The van der Waals surface area contributed by atoms with E-state index in [0.717, 1.165) is 5.56 Å². The van der Waals surface area contributed by atoms with Gasteiger partial charge < -0.3 is 5.11 Å². The third-order valence-electron chi connectivity index (χ3n) is 2.14. The summed E-state index contributed by atoms with van der Waals surface area (Å²) in [6.07, 6.45) is 1.48. The van der Waals surface area contributed by atoms with Crippen LogP contribution >= 0.6 is 0 Å². The van der Waals surface area contributed by atoms with Crippen LogP contribution in [0.25, 0.3) is 0 Å². The van der Waals surface area contributed by atoms with Crippen LogP contribution in [-0.4, -0.2) is 22.7 Å². The number of carboxylic acid groups (broad SMARTS) is 1. The first-order chi connectivity index (χ1) is 7.08. The lowest BCUT2D eigenvalue weighted by Gasteiger charge is -2.17. The number of carbonyl (C=O) groups is 1. The summed E-state index contributed by atoms with van der Waals surface area (Å²) in [6, 6.07) is 9.04. The van der Waals surface area contributed by atoms with Gasteiger partial charge in [0.25, 0.3) is 0 Å². The smallest absolute Gasteiger partial charge is 0.332 e. The summed E-state index contributed by atoms with van der Waals surface area (Å²) in [5.74, 6) is -1.13. The van der Waals surface area contributed by atoms with Gasteiger partial charge in [-0.05, 0) is 12.5 Å². The minimum absolute atomic E-state index is 0.179. The largest absolute Gasteiger partial charge is 0.479 e. The van der Waals surface area contributed by atoms with Gasteiger partial charge >= 0.3 is 5.97 Å². The first-order valence-corrected chi connectivity index (χ1v) is 4.45. The number of hydrogen-bond acceptors (Lipinski definition) is 3. The number of carbonyl (C=O) groups excluding carboxylic acids is 1. The van der Waals surface area contributed by atoms with E-state index in [0.29, 0.717) is 0 Å². The normalized spacial score (nSPS) is 13.7. The Hall–Kier alpha value is -1.93. The molecule has 0 saturated carbocycles. The molecule has 0 bridgehead atoms. The van der Waals surface area contributed by atoms with Crippen LogP contribution in [-0.2, 0) is 16.0 Å². The van der Waals surface area contributed by atoms with Gasteiger partial charge in [-0.15, -0.1) is 0 Å². The first-order valence-electron chi connectivity index (χ1n) is 4.45. The van der Waals surface area contributed by atoms with Crippen LogP contribution in [0.1, 0.15) is 12.5 Å². The van der Waals surface area contributed by atoms with Crippen molar-refractivity contribution in [3.8, 4) is 0 Å². The zero-order valence-corrected chi connectivity index (χ0v) is 8.30. The molecule has 1 unspecified atom stereocenters. The molecule has 0 saturated heterocycles. The predicted octanol–water partition coefficient (Wildman–Crippen LogP) is 1.41. The van der Waals surface area contributed by atoms with E-state index in [1.807, 2.05) is 18.2 Å². The van der Waals surface area contributed by atoms with Gasteiger partial charge in [0.15, 0.2) is 5.54 Å². The molecule has 15 heavy (non-hydrogen) atoms. The minimum Gasteiger partial charge on any atom is -0.479 e. The fourth-order valence-electron chi connectivity index (χ4n) is 1.26. The topological polar surface area (TPSA) is 66.7 Å². The third kappa shape index (κ3) is 2.76. The summed E-state index contributed by atoms with van der Waals surface area (Å²) in [7, 11) is 0. The molecule has 0 heterocycles. The summed E-state index contributed by atoms with van der Waals surface area (Å²) in [5, 5.41) is 8.95. The standard InChI is InChI=1S/C11H11NO3/c1-11(10(14)15,12-8-13)7-9-5-3-2-4-6-9/h2-6H,7H2,1H3,(H,14,15). The number of carboxylic acids is 1. The number of benzene rings is 1. The van der Waals surface area contributed by atoms with E-state index in [1.54, 1.807) is 12.1 Å². The van der Waals surface area contributed by atoms with E-state index in [-0.39, 0.29) is 6.42 Å². The van der Waals surface area contributed by atoms with E-state index in [4.69, 9.17) is 5.11 Å². The van der Waals surface area contributed by atoms with Crippen molar-refractivity contribution in [2.45, 2.75) is 18.9 Å². The summed E-state index contributed by atoms with van der Waals surface area (Å²) in [6.45, 7) is 1.40. The fraction of sp³-hybridized carbons (Fsp3) is 0.273. The summed E-state index contributed by atoms with van der Waals surface area (Å²) >= 11 is 0. The van der Waals surface area contributed by atoms with Crippen molar-refractivity contribution in [2.24, 2.45) is 4.99 Å². The van der Waals surface area contributed by atoms with E-state index >= 15 is 0 Å². The molecule has 0 spiro atoms. The zero-order chi connectivity index (χ0) is 11.3. The number of nitrogens with zero attached hydrogens (tertiary/aromatic N) is 1. The SMILES string of the molecule is CC(Cc1ccccc1)(N=C=O)C(=O)O. The maximum Gasteiger partial charge on any atom is 0.332 e. The lowest BCUT2D eigenvalue weighted by molar-refractivity contribution is -0.142. The second kappa shape index (κ2) is 4.53. The van der Waals surface area contributed by atoms with Gasteiger partial charge in [0.1, 0.15) is 0 Å². The van der Waals surface area contributed by atoms with Crippen LogP contribution in [0, 0.1) is 0 Å². The highest BCUT2D eigenvalue weighted by Crippen LogP contribution is 2.17. The quantitative estimate of drug-likeness (QED) is 0.597. The summed E-state index contributed by atoms with van der Waals surface area (Å²) in [4.78, 5) is 24.4. The molecular weight excluding hydrogens is 194 g/mol. The second-order valence-electron chi connectivity index (χ2n) is 3.44. The van der Waals surface area contributed by atoms with E-state index in [9.17, 15) is 9.59 Å². The molecule has 1 atom stereocenters. The van der Waals surface area contributed by atoms with Crippen molar-refractivity contribution in [3.63, 3.8) is 0 Å². The predicted molar refractivity (Wildman–Crippen MR) is 54.3 cm³/mol. The molecule has 4 heteroatoms. The Kier molecular flexibility index (Phi) is 3.37. The van der Waals surface area contributed by atoms with E-state index in [2.05, 4.69) is 4.99 Å². The van der Waals surface area contributed by atoms with Gasteiger partial charge in [0.05, 0.1) is 0 Å². The van der Waals surface area contributed by atoms with Crippen molar-refractivity contribution in [3.05, 3.63) is 35.9 Å². The molecule has 1 rings (SSSR count). The average molecular weight is 205 g/mol. The number of aliphatic imine (C=N–C) groups is 1. The molecular formula is C11H11NO3. The Bertz CT molecular complexity index is 392. The molecule has 0 fully saturated rings. The van der Waals surface area contributed by atoms with Gasteiger partial charge in [-0.3, -0.25) is 0 Å². The van der Waals surface area contributed by atoms with Crippen molar-refractivity contribution >= 4 is 12.0 Å². The minimum atomic E-state index is -1.43. The Labute approximate surface area is 87.3 Å². The lowest BCUT2D eigenvalue weighted by Crippen LogP contribution is -2.35. The Morgan fingerprint density at radius 2 is 2.07 bits per heavy atom. The molecule has 0 aliphatic carbocycles. The highest BCUT2D eigenvalue weighted by Gasteiger charge is 2.32. The van der Waals surface area contributed by atoms with Gasteiger partial charge in [0.2, 0.25) is 6.08 Å². The van der Waals surface area contributed by atoms with Crippen molar-refractivity contribution in [2.75, 3.05) is 0 Å². The summed E-state index contributed by atoms with van der Waals surface area (Å²) < 4.78 is 0. The van der Waals surface area contributed by atoms with Crippen LogP contribution in [0.15, 0.2) is 35.3 Å². The van der Waals surface area contributed by atoms with Gasteiger partial charge in [-0.25, -0.2) is 9.59 Å². The zero-order valence-electron chi connectivity index (χ0n) is 8.30. The molecule has 0 amide bonds. The Balaban J connectivity index is 2.95. The molecule has 0 aliphatic rings. The van der Waals surface area contributed by atoms with Crippen molar-refractivity contribution in [1.29, 1.82) is 0 Å². The molecule has 0 radical (unpaired) electrons. The van der Waals surface area contributed by atoms with Crippen molar-refractivity contribution in [1.82, 2.24) is 0 Å². The van der Waals surface area contributed by atoms with Gasteiger partial charge in [-0.1, -0.05) is 30.3 Å². The average Bonchev–Trinajstić information content (AvgIpc) is 2.19.